The van der Waals surface area contributed by atoms with Crippen molar-refractivity contribution in [3.8, 4) is 6.07 Å². The molecule has 2 heterocycles. The fourth-order valence-corrected chi connectivity index (χ4v) is 3.55. The van der Waals surface area contributed by atoms with E-state index in [1.165, 1.54) is 18.4 Å². The molecule has 1 aromatic heterocycles. The lowest BCUT2D eigenvalue weighted by Crippen LogP contribution is -2.38. The van der Waals surface area contributed by atoms with Gasteiger partial charge >= 0.3 is 0 Å². The van der Waals surface area contributed by atoms with Crippen molar-refractivity contribution in [1.82, 2.24) is 10.3 Å². The first-order valence-electron chi connectivity index (χ1n) is 6.76. The lowest BCUT2D eigenvalue weighted by Gasteiger charge is -2.37. The predicted molar refractivity (Wildman–Crippen MR) is 78.3 cm³/mol. The summed E-state index contributed by atoms with van der Waals surface area (Å²) in [6.07, 6.45) is 7.92. The monoisotopic (exact) mass is 317 g/mol. The standard InChI is InChI=1S/C15H16BrN3/c16-15-11(7-17)6-12(8-19-15)13-3-1-2-10-4-5-18-9-14(10)13/h3,6,8,10,14,18H,1-2,4-5,9H2. The predicted octanol–water partition coefficient (Wildman–Crippen LogP) is 3.12. The fraction of sp³-hybridized carbons (Fsp3) is 0.467. The first-order chi connectivity index (χ1) is 9.29. The van der Waals surface area contributed by atoms with Crippen LogP contribution in [0.15, 0.2) is 22.9 Å². The number of nitriles is 1. The minimum Gasteiger partial charge on any atom is -0.316 e. The Morgan fingerprint density at radius 1 is 1.42 bits per heavy atom. The number of pyridine rings is 1. The van der Waals surface area contributed by atoms with Crippen molar-refractivity contribution in [2.24, 2.45) is 11.8 Å². The van der Waals surface area contributed by atoms with Gasteiger partial charge in [0, 0.05) is 12.7 Å². The third-order valence-electron chi connectivity index (χ3n) is 4.22. The number of rotatable bonds is 1. The molecule has 2 atom stereocenters. The third-order valence-corrected chi connectivity index (χ3v) is 4.85. The number of aromatic nitrogens is 1. The Morgan fingerprint density at radius 3 is 3.16 bits per heavy atom. The van der Waals surface area contributed by atoms with Crippen molar-refractivity contribution >= 4 is 21.5 Å². The molecule has 1 fully saturated rings. The molecule has 2 unspecified atom stereocenters. The molecule has 0 amide bonds. The van der Waals surface area contributed by atoms with Crippen LogP contribution in [0.25, 0.3) is 5.57 Å². The van der Waals surface area contributed by atoms with Crippen LogP contribution in [-0.2, 0) is 0 Å². The zero-order valence-electron chi connectivity index (χ0n) is 10.7. The molecule has 0 radical (unpaired) electrons. The summed E-state index contributed by atoms with van der Waals surface area (Å²) in [5, 5.41) is 12.6. The number of nitrogens with zero attached hydrogens (tertiary/aromatic N) is 2. The van der Waals surface area contributed by atoms with Gasteiger partial charge in [0.2, 0.25) is 0 Å². The number of allylic oxidation sites excluding steroid dienone is 1. The quantitative estimate of drug-likeness (QED) is 0.810. The van der Waals surface area contributed by atoms with Crippen LogP contribution < -0.4 is 5.32 Å². The van der Waals surface area contributed by atoms with Gasteiger partial charge in [-0.15, -0.1) is 0 Å². The summed E-state index contributed by atoms with van der Waals surface area (Å²) < 4.78 is 0.633. The zero-order chi connectivity index (χ0) is 13.2. The Morgan fingerprint density at radius 2 is 2.32 bits per heavy atom. The molecule has 19 heavy (non-hydrogen) atoms. The maximum absolute atomic E-state index is 9.12. The largest absolute Gasteiger partial charge is 0.316 e. The van der Waals surface area contributed by atoms with Gasteiger partial charge in [0.05, 0.1) is 5.56 Å². The van der Waals surface area contributed by atoms with Gasteiger partial charge in [0.1, 0.15) is 10.7 Å². The van der Waals surface area contributed by atoms with Gasteiger partial charge in [-0.1, -0.05) is 6.08 Å². The van der Waals surface area contributed by atoms with Crippen LogP contribution in [0.3, 0.4) is 0 Å². The molecule has 1 saturated heterocycles. The Hall–Kier alpha value is -1.18. The number of fused-ring (bicyclic) bond motifs is 1. The van der Waals surface area contributed by atoms with E-state index in [0.29, 0.717) is 16.1 Å². The van der Waals surface area contributed by atoms with Crippen molar-refractivity contribution in [2.75, 3.05) is 13.1 Å². The van der Waals surface area contributed by atoms with E-state index in [9.17, 15) is 0 Å². The van der Waals surface area contributed by atoms with E-state index in [4.69, 9.17) is 5.26 Å². The normalized spacial score (nSPS) is 26.2. The molecule has 1 N–H and O–H groups in total. The lowest BCUT2D eigenvalue weighted by atomic mass is 9.73. The minimum absolute atomic E-state index is 0.581. The third kappa shape index (κ3) is 2.45. The van der Waals surface area contributed by atoms with E-state index < -0.39 is 0 Å². The lowest BCUT2D eigenvalue weighted by molar-refractivity contribution is 0.285. The summed E-state index contributed by atoms with van der Waals surface area (Å²) in [6, 6.07) is 4.15. The number of halogens is 1. The van der Waals surface area contributed by atoms with E-state index in [-0.39, 0.29) is 0 Å². The van der Waals surface area contributed by atoms with Crippen molar-refractivity contribution in [3.05, 3.63) is 34.1 Å². The summed E-state index contributed by atoms with van der Waals surface area (Å²) in [4.78, 5) is 4.30. The van der Waals surface area contributed by atoms with Gasteiger partial charge in [-0.3, -0.25) is 0 Å². The molecule has 0 spiro atoms. The topological polar surface area (TPSA) is 48.7 Å². The van der Waals surface area contributed by atoms with Crippen molar-refractivity contribution < 1.29 is 0 Å². The summed E-state index contributed by atoms with van der Waals surface area (Å²) in [5.74, 6) is 1.37. The average molecular weight is 318 g/mol. The highest BCUT2D eigenvalue weighted by molar-refractivity contribution is 9.10. The van der Waals surface area contributed by atoms with Crippen molar-refractivity contribution in [3.63, 3.8) is 0 Å². The second-order valence-electron chi connectivity index (χ2n) is 5.27. The molecule has 2 aliphatic rings. The summed E-state index contributed by atoms with van der Waals surface area (Å²) >= 11 is 3.32. The molecule has 4 heteroatoms. The molecular weight excluding hydrogens is 302 g/mol. The second-order valence-corrected chi connectivity index (χ2v) is 6.02. The molecule has 3 nitrogen and oxygen atoms in total. The smallest absolute Gasteiger partial charge is 0.123 e. The van der Waals surface area contributed by atoms with E-state index in [1.54, 1.807) is 0 Å². The average Bonchev–Trinajstić information content (AvgIpc) is 2.47. The van der Waals surface area contributed by atoms with E-state index in [0.717, 1.165) is 31.0 Å². The van der Waals surface area contributed by atoms with E-state index >= 15 is 0 Å². The number of hydrogen-bond donors (Lipinski definition) is 1. The van der Waals surface area contributed by atoms with Gasteiger partial charge in [0.25, 0.3) is 0 Å². The minimum atomic E-state index is 0.581. The molecule has 0 bridgehead atoms. The Balaban J connectivity index is 1.96. The zero-order valence-corrected chi connectivity index (χ0v) is 12.3. The number of hydrogen-bond acceptors (Lipinski definition) is 3. The molecular formula is C15H16BrN3. The Kier molecular flexibility index (Phi) is 3.67. The first kappa shape index (κ1) is 12.8. The highest BCUT2D eigenvalue weighted by Gasteiger charge is 2.30. The highest BCUT2D eigenvalue weighted by atomic mass is 79.9. The van der Waals surface area contributed by atoms with Crippen LogP contribution in [-0.4, -0.2) is 18.1 Å². The van der Waals surface area contributed by atoms with Crippen LogP contribution >= 0.6 is 15.9 Å². The van der Waals surface area contributed by atoms with Gasteiger partial charge in [-0.25, -0.2) is 4.98 Å². The number of piperidine rings is 1. The van der Waals surface area contributed by atoms with Crippen LogP contribution in [0.4, 0.5) is 0 Å². The Labute approximate surface area is 121 Å². The van der Waals surface area contributed by atoms with Crippen LogP contribution in [0.2, 0.25) is 0 Å². The van der Waals surface area contributed by atoms with Crippen molar-refractivity contribution in [1.29, 1.82) is 5.26 Å². The maximum Gasteiger partial charge on any atom is 0.123 e. The van der Waals surface area contributed by atoms with Crippen molar-refractivity contribution in [2.45, 2.75) is 19.3 Å². The number of nitrogens with one attached hydrogen (secondary N) is 1. The van der Waals surface area contributed by atoms with Gasteiger partial charge in [-0.05, 0) is 70.8 Å². The van der Waals surface area contributed by atoms with Gasteiger partial charge < -0.3 is 5.32 Å². The summed E-state index contributed by atoms with van der Waals surface area (Å²) in [6.45, 7) is 2.19. The van der Waals surface area contributed by atoms with Crippen LogP contribution in [0.5, 0.6) is 0 Å². The summed E-state index contributed by atoms with van der Waals surface area (Å²) in [7, 11) is 0. The molecule has 1 aliphatic carbocycles. The van der Waals surface area contributed by atoms with E-state index in [1.807, 2.05) is 12.3 Å². The maximum atomic E-state index is 9.12. The molecule has 1 aliphatic heterocycles. The molecule has 0 aromatic carbocycles. The summed E-state index contributed by atoms with van der Waals surface area (Å²) in [5.41, 5.74) is 3.10. The van der Waals surface area contributed by atoms with Gasteiger partial charge in [-0.2, -0.15) is 5.26 Å². The fourth-order valence-electron chi connectivity index (χ4n) is 3.24. The Bertz CT molecular complexity index is 559. The van der Waals surface area contributed by atoms with E-state index in [2.05, 4.69) is 38.4 Å². The molecule has 1 aromatic rings. The van der Waals surface area contributed by atoms with Gasteiger partial charge in [0.15, 0.2) is 0 Å². The molecule has 0 saturated carbocycles. The SMILES string of the molecule is N#Cc1cc(C2=CCCC3CCNCC23)cnc1Br. The molecule has 3 rings (SSSR count). The molecule has 98 valence electrons. The van der Waals surface area contributed by atoms with Crippen LogP contribution in [0, 0.1) is 23.2 Å². The van der Waals surface area contributed by atoms with Crippen LogP contribution in [0.1, 0.15) is 30.4 Å². The highest BCUT2D eigenvalue weighted by Crippen LogP contribution is 2.39. The second kappa shape index (κ2) is 5.44. The first-order valence-corrected chi connectivity index (χ1v) is 7.55.